The number of thiazole rings is 1. The predicted octanol–water partition coefficient (Wildman–Crippen LogP) is 3.27. The molecule has 0 unspecified atom stereocenters. The van der Waals surface area contributed by atoms with Crippen LogP contribution in [0, 0.1) is 13.8 Å². The summed E-state index contributed by atoms with van der Waals surface area (Å²) in [4.78, 5) is 20.6. The van der Waals surface area contributed by atoms with Crippen LogP contribution in [0.25, 0.3) is 21.9 Å². The van der Waals surface area contributed by atoms with Crippen LogP contribution in [0.2, 0.25) is 0 Å². The third kappa shape index (κ3) is 1.90. The Labute approximate surface area is 112 Å². The number of hydrogen-bond donors (Lipinski definition) is 1. The van der Waals surface area contributed by atoms with E-state index >= 15 is 0 Å². The molecule has 0 atom stereocenters. The SMILES string of the molecule is Cc1nc(C)c(-c2nc3c(C(=O)O)cccc3o2)s1. The molecule has 1 N–H and O–H groups in total. The van der Waals surface area contributed by atoms with E-state index < -0.39 is 5.97 Å². The number of nitrogens with zero attached hydrogens (tertiary/aromatic N) is 2. The number of fused-ring (bicyclic) bond motifs is 1. The van der Waals surface area contributed by atoms with Gasteiger partial charge in [-0.15, -0.1) is 11.3 Å². The summed E-state index contributed by atoms with van der Waals surface area (Å²) in [6, 6.07) is 4.87. The highest BCUT2D eigenvalue weighted by Gasteiger charge is 2.18. The molecular formula is C13H10N2O3S. The fourth-order valence-electron chi connectivity index (χ4n) is 1.95. The number of rotatable bonds is 2. The number of aryl methyl sites for hydroxylation is 2. The van der Waals surface area contributed by atoms with Gasteiger partial charge in [-0.1, -0.05) is 6.07 Å². The van der Waals surface area contributed by atoms with Gasteiger partial charge in [0.25, 0.3) is 0 Å². The van der Waals surface area contributed by atoms with Crippen LogP contribution in [0.3, 0.4) is 0 Å². The number of oxazole rings is 1. The van der Waals surface area contributed by atoms with E-state index in [1.807, 2.05) is 13.8 Å². The Bertz CT molecular complexity index is 788. The number of aromatic carboxylic acids is 1. The van der Waals surface area contributed by atoms with E-state index in [1.165, 1.54) is 17.4 Å². The third-order valence-corrected chi connectivity index (χ3v) is 3.81. The van der Waals surface area contributed by atoms with Gasteiger partial charge in [0.15, 0.2) is 5.58 Å². The molecule has 0 saturated carbocycles. The number of aromatic nitrogens is 2. The lowest BCUT2D eigenvalue weighted by Crippen LogP contribution is -1.96. The Kier molecular flexibility index (Phi) is 2.60. The Morgan fingerprint density at radius 3 is 2.74 bits per heavy atom. The van der Waals surface area contributed by atoms with E-state index in [2.05, 4.69) is 9.97 Å². The highest BCUT2D eigenvalue weighted by atomic mass is 32.1. The van der Waals surface area contributed by atoms with Gasteiger partial charge < -0.3 is 9.52 Å². The summed E-state index contributed by atoms with van der Waals surface area (Å²) in [7, 11) is 0. The maximum Gasteiger partial charge on any atom is 0.338 e. The lowest BCUT2D eigenvalue weighted by atomic mass is 10.2. The first kappa shape index (κ1) is 11.9. The minimum absolute atomic E-state index is 0.145. The van der Waals surface area contributed by atoms with Crippen molar-refractivity contribution < 1.29 is 14.3 Å². The Morgan fingerprint density at radius 1 is 1.32 bits per heavy atom. The number of carboxylic acid groups (broad SMARTS) is 1. The van der Waals surface area contributed by atoms with Gasteiger partial charge in [-0.2, -0.15) is 0 Å². The summed E-state index contributed by atoms with van der Waals surface area (Å²) in [6.45, 7) is 3.79. The first-order chi connectivity index (χ1) is 9.06. The van der Waals surface area contributed by atoms with Gasteiger partial charge in [0.1, 0.15) is 10.4 Å². The van der Waals surface area contributed by atoms with E-state index in [0.717, 1.165) is 15.6 Å². The van der Waals surface area contributed by atoms with Crippen molar-refractivity contribution in [2.24, 2.45) is 0 Å². The molecule has 19 heavy (non-hydrogen) atoms. The lowest BCUT2D eigenvalue weighted by Gasteiger charge is -1.92. The second kappa shape index (κ2) is 4.17. The monoisotopic (exact) mass is 274 g/mol. The van der Waals surface area contributed by atoms with Crippen LogP contribution in [-0.2, 0) is 0 Å². The minimum Gasteiger partial charge on any atom is -0.478 e. The topological polar surface area (TPSA) is 76.2 Å². The van der Waals surface area contributed by atoms with E-state index in [1.54, 1.807) is 12.1 Å². The molecule has 0 saturated heterocycles. The summed E-state index contributed by atoms with van der Waals surface area (Å²) in [6.07, 6.45) is 0. The van der Waals surface area contributed by atoms with Crippen molar-refractivity contribution in [1.82, 2.24) is 9.97 Å². The molecule has 2 aromatic heterocycles. The van der Waals surface area contributed by atoms with Crippen molar-refractivity contribution in [2.75, 3.05) is 0 Å². The quantitative estimate of drug-likeness (QED) is 0.776. The van der Waals surface area contributed by atoms with Crippen molar-refractivity contribution in [3.63, 3.8) is 0 Å². The molecule has 1 aromatic carbocycles. The molecule has 0 bridgehead atoms. The molecule has 0 aliphatic carbocycles. The van der Waals surface area contributed by atoms with Crippen LogP contribution >= 0.6 is 11.3 Å². The molecule has 0 amide bonds. The molecule has 0 aliphatic heterocycles. The first-order valence-corrected chi connectivity index (χ1v) is 6.45. The molecule has 0 radical (unpaired) electrons. The summed E-state index contributed by atoms with van der Waals surface area (Å²) in [5.74, 6) is -0.588. The Hall–Kier alpha value is -2.21. The largest absolute Gasteiger partial charge is 0.478 e. The van der Waals surface area contributed by atoms with Crippen LogP contribution in [-0.4, -0.2) is 21.0 Å². The molecule has 5 nitrogen and oxygen atoms in total. The van der Waals surface area contributed by atoms with Gasteiger partial charge in [0.2, 0.25) is 5.89 Å². The molecule has 3 rings (SSSR count). The van der Waals surface area contributed by atoms with Crippen molar-refractivity contribution in [3.8, 4) is 10.8 Å². The number of hydrogen-bond acceptors (Lipinski definition) is 5. The maximum atomic E-state index is 11.1. The highest BCUT2D eigenvalue weighted by molar-refractivity contribution is 7.15. The average Bonchev–Trinajstić information content (AvgIpc) is 2.91. The zero-order valence-corrected chi connectivity index (χ0v) is 11.1. The molecular weight excluding hydrogens is 264 g/mol. The Morgan fingerprint density at radius 2 is 2.11 bits per heavy atom. The second-order valence-corrected chi connectivity index (χ2v) is 5.33. The summed E-state index contributed by atoms with van der Waals surface area (Å²) in [5.41, 5.74) is 1.83. The van der Waals surface area contributed by atoms with Gasteiger partial charge in [-0.25, -0.2) is 14.8 Å². The first-order valence-electron chi connectivity index (χ1n) is 5.63. The fourth-order valence-corrected chi connectivity index (χ4v) is 2.79. The van der Waals surface area contributed by atoms with Crippen LogP contribution in [0.4, 0.5) is 0 Å². The molecule has 0 fully saturated rings. The zero-order valence-electron chi connectivity index (χ0n) is 10.3. The number of carboxylic acids is 1. The predicted molar refractivity (Wildman–Crippen MR) is 71.6 cm³/mol. The van der Waals surface area contributed by atoms with Crippen LogP contribution < -0.4 is 0 Å². The molecule has 2 heterocycles. The summed E-state index contributed by atoms with van der Waals surface area (Å²) < 4.78 is 5.64. The second-order valence-electron chi connectivity index (χ2n) is 4.12. The molecule has 3 aromatic rings. The number of carbonyl (C=O) groups is 1. The van der Waals surface area contributed by atoms with Gasteiger partial charge >= 0.3 is 5.97 Å². The van der Waals surface area contributed by atoms with Gasteiger partial charge in [0.05, 0.1) is 16.3 Å². The lowest BCUT2D eigenvalue weighted by molar-refractivity contribution is 0.0699. The van der Waals surface area contributed by atoms with Gasteiger partial charge in [-0.3, -0.25) is 0 Å². The van der Waals surface area contributed by atoms with Crippen LogP contribution in [0.15, 0.2) is 22.6 Å². The minimum atomic E-state index is -1.01. The fraction of sp³-hybridized carbons (Fsp3) is 0.154. The number of benzene rings is 1. The van der Waals surface area contributed by atoms with E-state index in [-0.39, 0.29) is 5.56 Å². The normalized spacial score (nSPS) is 11.1. The third-order valence-electron chi connectivity index (χ3n) is 2.75. The maximum absolute atomic E-state index is 11.1. The molecule has 0 spiro atoms. The van der Waals surface area contributed by atoms with Crippen molar-refractivity contribution in [2.45, 2.75) is 13.8 Å². The summed E-state index contributed by atoms with van der Waals surface area (Å²) in [5, 5.41) is 10.1. The van der Waals surface area contributed by atoms with Crippen LogP contribution in [0.1, 0.15) is 21.1 Å². The van der Waals surface area contributed by atoms with Crippen molar-refractivity contribution in [3.05, 3.63) is 34.5 Å². The molecule has 0 aliphatic rings. The highest BCUT2D eigenvalue weighted by Crippen LogP contribution is 2.32. The van der Waals surface area contributed by atoms with Gasteiger partial charge in [-0.05, 0) is 26.0 Å². The number of para-hydroxylation sites is 1. The summed E-state index contributed by atoms with van der Waals surface area (Å²) >= 11 is 1.48. The zero-order chi connectivity index (χ0) is 13.6. The van der Waals surface area contributed by atoms with Crippen molar-refractivity contribution >= 4 is 28.4 Å². The Balaban J connectivity index is 2.25. The average molecular weight is 274 g/mol. The standard InChI is InChI=1S/C13H10N2O3S/c1-6-11(19-7(2)14-6)12-15-10-8(13(16)17)4-3-5-9(10)18-12/h3-5H,1-2H3,(H,16,17). The van der Waals surface area contributed by atoms with Gasteiger partial charge in [0, 0.05) is 0 Å². The van der Waals surface area contributed by atoms with E-state index in [4.69, 9.17) is 9.52 Å². The van der Waals surface area contributed by atoms with Crippen LogP contribution in [0.5, 0.6) is 0 Å². The van der Waals surface area contributed by atoms with E-state index in [0.29, 0.717) is 17.0 Å². The van der Waals surface area contributed by atoms with E-state index in [9.17, 15) is 4.79 Å². The molecule has 96 valence electrons. The smallest absolute Gasteiger partial charge is 0.338 e. The van der Waals surface area contributed by atoms with Crippen molar-refractivity contribution in [1.29, 1.82) is 0 Å². The molecule has 6 heteroatoms.